The summed E-state index contributed by atoms with van der Waals surface area (Å²) in [5.74, 6) is 0.576. The molecule has 31 heavy (non-hydrogen) atoms. The van der Waals surface area contributed by atoms with Gasteiger partial charge in [0, 0.05) is 32.7 Å². The third kappa shape index (κ3) is 4.14. The lowest BCUT2D eigenvalue weighted by Gasteiger charge is -2.09. The second-order valence-electron chi connectivity index (χ2n) is 6.83. The minimum Gasteiger partial charge on any atom is -0.467 e. The molecule has 5 heterocycles. The summed E-state index contributed by atoms with van der Waals surface area (Å²) in [5.41, 5.74) is 2.61. The fourth-order valence-corrected chi connectivity index (χ4v) is 4.66. The van der Waals surface area contributed by atoms with Gasteiger partial charge in [-0.25, -0.2) is 9.67 Å². The molecule has 1 N–H and O–H groups in total. The quantitative estimate of drug-likeness (QED) is 0.364. The van der Waals surface area contributed by atoms with Gasteiger partial charge in [-0.2, -0.15) is 5.10 Å². The number of carbonyl (C=O) groups excluding carboxylic acids is 1. The van der Waals surface area contributed by atoms with Crippen LogP contribution in [0.5, 0.6) is 0 Å². The van der Waals surface area contributed by atoms with Gasteiger partial charge in [0.1, 0.15) is 12.3 Å². The third-order valence-electron chi connectivity index (χ3n) is 4.74. The average molecular weight is 494 g/mol. The molecule has 9 heteroatoms. The fraction of sp³-hybridized carbons (Fsp3) is 0.0909. The molecule has 0 unspecified atom stereocenters. The van der Waals surface area contributed by atoms with Gasteiger partial charge in [-0.15, -0.1) is 11.3 Å². The molecule has 5 aromatic rings. The zero-order valence-corrected chi connectivity index (χ0v) is 18.6. The first kappa shape index (κ1) is 19.7. The average Bonchev–Trinajstić information content (AvgIpc) is 3.54. The largest absolute Gasteiger partial charge is 0.467 e. The van der Waals surface area contributed by atoms with Crippen molar-refractivity contribution in [1.29, 1.82) is 0 Å². The standard InChI is InChI=1S/C22H16BrN5O2S/c23-15-7-17(31-13-15)10-25-22(29)18-8-20(14-3-1-5-24-9-14)27-21-19(18)11-26-28(21)12-16-4-2-6-30-16/h1-9,11,13H,10,12H2,(H,25,29). The molecular formula is C22H16BrN5O2S. The highest BCUT2D eigenvalue weighted by Crippen LogP contribution is 2.25. The Morgan fingerprint density at radius 1 is 1.23 bits per heavy atom. The number of amides is 1. The van der Waals surface area contributed by atoms with Crippen LogP contribution in [0.1, 0.15) is 21.0 Å². The lowest BCUT2D eigenvalue weighted by Crippen LogP contribution is -2.22. The van der Waals surface area contributed by atoms with E-state index in [2.05, 4.69) is 31.3 Å². The first-order valence-corrected chi connectivity index (χ1v) is 11.1. The minimum absolute atomic E-state index is 0.181. The van der Waals surface area contributed by atoms with Crippen LogP contribution in [-0.2, 0) is 13.1 Å². The number of furan rings is 1. The molecule has 0 saturated heterocycles. The number of aromatic nitrogens is 4. The van der Waals surface area contributed by atoms with Gasteiger partial charge in [0.2, 0.25) is 0 Å². The smallest absolute Gasteiger partial charge is 0.252 e. The van der Waals surface area contributed by atoms with Crippen LogP contribution in [0.2, 0.25) is 0 Å². The van der Waals surface area contributed by atoms with Crippen LogP contribution in [-0.4, -0.2) is 25.7 Å². The lowest BCUT2D eigenvalue weighted by molar-refractivity contribution is 0.0953. The molecule has 0 aliphatic heterocycles. The maximum atomic E-state index is 13.1. The molecule has 0 radical (unpaired) electrons. The summed E-state index contributed by atoms with van der Waals surface area (Å²) in [7, 11) is 0. The van der Waals surface area contributed by atoms with Crippen molar-refractivity contribution in [3.05, 3.63) is 87.3 Å². The Balaban J connectivity index is 1.55. The van der Waals surface area contributed by atoms with Gasteiger partial charge in [0.05, 0.1) is 35.6 Å². The van der Waals surface area contributed by atoms with Crippen LogP contribution in [0.15, 0.2) is 75.5 Å². The summed E-state index contributed by atoms with van der Waals surface area (Å²) in [4.78, 5) is 23.2. The highest BCUT2D eigenvalue weighted by molar-refractivity contribution is 9.10. The van der Waals surface area contributed by atoms with Crippen LogP contribution in [0.25, 0.3) is 22.3 Å². The first-order valence-electron chi connectivity index (χ1n) is 9.48. The van der Waals surface area contributed by atoms with E-state index in [1.165, 1.54) is 0 Å². The Bertz CT molecular complexity index is 1350. The predicted octanol–water partition coefficient (Wildman–Crippen LogP) is 4.89. The summed E-state index contributed by atoms with van der Waals surface area (Å²) in [6, 6.07) is 11.3. The Labute approximate surface area is 189 Å². The normalized spacial score (nSPS) is 11.1. The van der Waals surface area contributed by atoms with Crippen LogP contribution < -0.4 is 5.32 Å². The minimum atomic E-state index is -0.181. The van der Waals surface area contributed by atoms with E-state index in [1.807, 2.05) is 35.7 Å². The summed E-state index contributed by atoms with van der Waals surface area (Å²) in [5, 5.41) is 10.1. The van der Waals surface area contributed by atoms with Crippen molar-refractivity contribution in [3.8, 4) is 11.3 Å². The number of nitrogens with one attached hydrogen (secondary N) is 1. The Morgan fingerprint density at radius 3 is 2.90 bits per heavy atom. The monoisotopic (exact) mass is 493 g/mol. The maximum absolute atomic E-state index is 13.1. The summed E-state index contributed by atoms with van der Waals surface area (Å²) < 4.78 is 8.20. The number of halogens is 1. The molecule has 0 aliphatic rings. The molecule has 5 aromatic heterocycles. The molecular weight excluding hydrogens is 478 g/mol. The zero-order valence-electron chi connectivity index (χ0n) is 16.2. The Morgan fingerprint density at radius 2 is 2.16 bits per heavy atom. The van der Waals surface area contributed by atoms with Crippen LogP contribution in [0.4, 0.5) is 0 Å². The van der Waals surface area contributed by atoms with Gasteiger partial charge in [0.25, 0.3) is 5.91 Å². The molecule has 5 rings (SSSR count). The number of hydrogen-bond acceptors (Lipinski definition) is 6. The Hall–Kier alpha value is -3.30. The van der Waals surface area contributed by atoms with E-state index in [0.717, 1.165) is 20.7 Å². The molecule has 1 amide bonds. The Kier molecular flexibility index (Phi) is 5.35. The van der Waals surface area contributed by atoms with Gasteiger partial charge >= 0.3 is 0 Å². The maximum Gasteiger partial charge on any atom is 0.252 e. The van der Waals surface area contributed by atoms with Crippen molar-refractivity contribution in [1.82, 2.24) is 25.1 Å². The molecule has 0 saturated carbocycles. The van der Waals surface area contributed by atoms with E-state index < -0.39 is 0 Å². The molecule has 0 atom stereocenters. The number of hydrogen-bond donors (Lipinski definition) is 1. The van der Waals surface area contributed by atoms with Crippen molar-refractivity contribution in [2.24, 2.45) is 0 Å². The first-order chi connectivity index (χ1) is 15.2. The third-order valence-corrected chi connectivity index (χ3v) is 6.44. The van der Waals surface area contributed by atoms with Crippen molar-refractivity contribution >= 4 is 44.2 Å². The van der Waals surface area contributed by atoms with E-state index in [4.69, 9.17) is 9.40 Å². The van der Waals surface area contributed by atoms with Gasteiger partial charge in [-0.1, -0.05) is 0 Å². The molecule has 0 bridgehead atoms. The van der Waals surface area contributed by atoms with Crippen LogP contribution in [0, 0.1) is 0 Å². The van der Waals surface area contributed by atoms with E-state index in [0.29, 0.717) is 35.4 Å². The van der Waals surface area contributed by atoms with Crippen molar-refractivity contribution in [3.63, 3.8) is 0 Å². The number of carbonyl (C=O) groups is 1. The molecule has 7 nitrogen and oxygen atoms in total. The number of thiophene rings is 1. The SMILES string of the molecule is O=C(NCc1cc(Br)cs1)c1cc(-c2cccnc2)nc2c1cnn2Cc1ccco1. The number of nitrogens with zero attached hydrogens (tertiary/aromatic N) is 4. The number of rotatable bonds is 6. The highest BCUT2D eigenvalue weighted by Gasteiger charge is 2.18. The van der Waals surface area contributed by atoms with E-state index in [9.17, 15) is 4.79 Å². The lowest BCUT2D eigenvalue weighted by atomic mass is 10.1. The molecule has 0 aromatic carbocycles. The second kappa shape index (κ2) is 8.44. The molecule has 154 valence electrons. The molecule has 0 fully saturated rings. The second-order valence-corrected chi connectivity index (χ2v) is 8.74. The number of pyridine rings is 2. The van der Waals surface area contributed by atoms with Gasteiger partial charge < -0.3 is 9.73 Å². The van der Waals surface area contributed by atoms with Crippen molar-refractivity contribution in [2.45, 2.75) is 13.1 Å². The van der Waals surface area contributed by atoms with E-state index in [1.54, 1.807) is 46.9 Å². The summed E-state index contributed by atoms with van der Waals surface area (Å²) in [6.45, 7) is 0.867. The zero-order chi connectivity index (χ0) is 21.2. The summed E-state index contributed by atoms with van der Waals surface area (Å²) in [6.07, 6.45) is 6.73. The topological polar surface area (TPSA) is 85.8 Å². The molecule has 0 aliphatic carbocycles. The van der Waals surface area contributed by atoms with Gasteiger partial charge in [-0.05, 0) is 52.3 Å². The van der Waals surface area contributed by atoms with Crippen molar-refractivity contribution < 1.29 is 9.21 Å². The predicted molar refractivity (Wildman–Crippen MR) is 122 cm³/mol. The van der Waals surface area contributed by atoms with E-state index in [-0.39, 0.29) is 5.91 Å². The van der Waals surface area contributed by atoms with Gasteiger partial charge in [0.15, 0.2) is 5.65 Å². The summed E-state index contributed by atoms with van der Waals surface area (Å²) >= 11 is 5.03. The number of fused-ring (bicyclic) bond motifs is 1. The molecule has 0 spiro atoms. The van der Waals surface area contributed by atoms with Crippen LogP contribution in [0.3, 0.4) is 0 Å². The van der Waals surface area contributed by atoms with Crippen LogP contribution >= 0.6 is 27.3 Å². The highest BCUT2D eigenvalue weighted by atomic mass is 79.9. The van der Waals surface area contributed by atoms with Gasteiger partial charge in [-0.3, -0.25) is 9.78 Å². The van der Waals surface area contributed by atoms with Crippen molar-refractivity contribution in [2.75, 3.05) is 0 Å². The van der Waals surface area contributed by atoms with E-state index >= 15 is 0 Å². The fourth-order valence-electron chi connectivity index (χ4n) is 3.27.